The smallest absolute Gasteiger partial charge is 0.247 e. The molecule has 9 nitrogen and oxygen atoms in total. The fourth-order valence-electron chi connectivity index (χ4n) is 5.00. The number of hydrogen-bond acceptors (Lipinski definition) is 6. The molecule has 4 rings (SSSR count). The largest absolute Gasteiger partial charge is 0.495 e. The number of rotatable bonds is 11. The maximum absolute atomic E-state index is 13.7. The van der Waals surface area contributed by atoms with Crippen molar-refractivity contribution < 1.29 is 23.9 Å². The van der Waals surface area contributed by atoms with Crippen molar-refractivity contribution in [1.29, 1.82) is 0 Å². The minimum absolute atomic E-state index is 0.0237. The number of ether oxygens (including phenoxy) is 1. The summed E-state index contributed by atoms with van der Waals surface area (Å²) in [5.74, 6) is -1.02. The quantitative estimate of drug-likeness (QED) is 0.289. The van der Waals surface area contributed by atoms with Gasteiger partial charge < -0.3 is 26.0 Å². The molecule has 3 aromatic rings. The Morgan fingerprint density at radius 1 is 1.02 bits per heavy atom. The first-order valence-electron chi connectivity index (χ1n) is 13.8. The van der Waals surface area contributed by atoms with Crippen LogP contribution < -0.4 is 21.1 Å². The molecular weight excluding hydrogens is 556 g/mol. The Labute approximate surface area is 250 Å². The summed E-state index contributed by atoms with van der Waals surface area (Å²) in [5.41, 5.74) is 9.37. The van der Waals surface area contributed by atoms with Gasteiger partial charge in [0.1, 0.15) is 17.8 Å². The molecule has 220 valence electrons. The van der Waals surface area contributed by atoms with Crippen molar-refractivity contribution in [3.05, 3.63) is 94.0 Å². The Kier molecular flexibility index (Phi) is 10.3. The van der Waals surface area contributed by atoms with Crippen LogP contribution in [0.5, 0.6) is 5.75 Å². The van der Waals surface area contributed by atoms with E-state index in [1.54, 1.807) is 43.3 Å². The highest BCUT2D eigenvalue weighted by Crippen LogP contribution is 2.31. The third-order valence-corrected chi connectivity index (χ3v) is 7.77. The first kappa shape index (κ1) is 30.7. The van der Waals surface area contributed by atoms with E-state index in [1.165, 1.54) is 12.0 Å². The van der Waals surface area contributed by atoms with Gasteiger partial charge in [0.05, 0.1) is 12.8 Å². The Hall–Kier alpha value is -4.21. The minimum Gasteiger partial charge on any atom is -0.495 e. The Morgan fingerprint density at radius 2 is 1.71 bits per heavy atom. The molecule has 0 aliphatic carbocycles. The summed E-state index contributed by atoms with van der Waals surface area (Å²) < 4.78 is 5.36. The van der Waals surface area contributed by atoms with Gasteiger partial charge in [-0.3, -0.25) is 19.2 Å². The number of ketones is 1. The average molecular weight is 591 g/mol. The van der Waals surface area contributed by atoms with Gasteiger partial charge in [-0.25, -0.2) is 0 Å². The summed E-state index contributed by atoms with van der Waals surface area (Å²) in [4.78, 5) is 54.6. The number of aryl methyl sites for hydroxylation is 1. The second-order valence-corrected chi connectivity index (χ2v) is 10.6. The number of hydrogen-bond donors (Lipinski definition) is 3. The van der Waals surface area contributed by atoms with Gasteiger partial charge in [-0.05, 0) is 42.6 Å². The molecule has 1 aliphatic rings. The van der Waals surface area contributed by atoms with Crippen LogP contribution in [0.2, 0.25) is 5.02 Å². The lowest BCUT2D eigenvalue weighted by atomic mass is 9.92. The summed E-state index contributed by atoms with van der Waals surface area (Å²) in [7, 11) is 1.47. The van der Waals surface area contributed by atoms with Gasteiger partial charge >= 0.3 is 0 Å². The van der Waals surface area contributed by atoms with Crippen LogP contribution in [-0.4, -0.2) is 54.1 Å². The molecule has 0 spiro atoms. The molecule has 1 heterocycles. The molecule has 3 amide bonds. The van der Waals surface area contributed by atoms with Gasteiger partial charge in [-0.15, -0.1) is 0 Å². The summed E-state index contributed by atoms with van der Waals surface area (Å²) >= 11 is 6.20. The van der Waals surface area contributed by atoms with Crippen molar-refractivity contribution in [1.82, 2.24) is 10.2 Å². The predicted molar refractivity (Wildman–Crippen MR) is 161 cm³/mol. The zero-order chi connectivity index (χ0) is 30.2. The van der Waals surface area contributed by atoms with E-state index in [-0.39, 0.29) is 50.5 Å². The Balaban J connectivity index is 1.51. The van der Waals surface area contributed by atoms with Crippen molar-refractivity contribution in [2.24, 2.45) is 5.73 Å². The van der Waals surface area contributed by atoms with Crippen molar-refractivity contribution in [2.45, 2.75) is 51.2 Å². The number of Topliss-reactive ketones (excluding diaryl/α,β-unsaturated/α-hetero) is 1. The fraction of sp³-hybridized carbons (Fsp3) is 0.312. The van der Waals surface area contributed by atoms with Gasteiger partial charge in [0, 0.05) is 42.5 Å². The molecular formula is C32H35ClN4O5. The van der Waals surface area contributed by atoms with Crippen molar-refractivity contribution in [2.75, 3.05) is 19.0 Å². The van der Waals surface area contributed by atoms with Gasteiger partial charge in [-0.1, -0.05) is 66.2 Å². The van der Waals surface area contributed by atoms with Gasteiger partial charge in [-0.2, -0.15) is 0 Å². The molecule has 0 fully saturated rings. The molecule has 4 N–H and O–H groups in total. The normalized spacial score (nSPS) is 14.9. The Bertz CT molecular complexity index is 1460. The molecule has 0 radical (unpaired) electrons. The average Bonchev–Trinajstić information content (AvgIpc) is 3.00. The SMILES string of the molecule is COc1cc(Cl)c(C)cc1NC(=O)[C@H](CCN)NC(=O)[C@@H]1Cc2ccccc2CN1C(=O)CCC(=O)c1ccccc1. The number of carbonyl (C=O) groups excluding carboxylic acids is 4. The number of benzene rings is 3. The van der Waals surface area contributed by atoms with E-state index in [9.17, 15) is 19.2 Å². The summed E-state index contributed by atoms with van der Waals surface area (Å²) in [6.45, 7) is 2.17. The number of carbonyl (C=O) groups is 4. The number of nitrogens with two attached hydrogens (primary N) is 1. The molecule has 0 unspecified atom stereocenters. The number of halogens is 1. The molecule has 42 heavy (non-hydrogen) atoms. The van der Waals surface area contributed by atoms with Gasteiger partial charge in [0.25, 0.3) is 0 Å². The van der Waals surface area contributed by atoms with Crippen LogP contribution in [0.15, 0.2) is 66.7 Å². The first-order chi connectivity index (χ1) is 20.2. The highest BCUT2D eigenvalue weighted by atomic mass is 35.5. The van der Waals surface area contributed by atoms with Crippen LogP contribution in [0, 0.1) is 6.92 Å². The van der Waals surface area contributed by atoms with Crippen LogP contribution in [-0.2, 0) is 27.3 Å². The second kappa shape index (κ2) is 14.1. The van der Waals surface area contributed by atoms with Gasteiger partial charge in [0.15, 0.2) is 5.78 Å². The number of nitrogens with zero attached hydrogens (tertiary/aromatic N) is 1. The number of fused-ring (bicyclic) bond motifs is 1. The van der Waals surface area contributed by atoms with Crippen LogP contribution in [0.25, 0.3) is 0 Å². The van der Waals surface area contributed by atoms with Crippen molar-refractivity contribution in [3.8, 4) is 5.75 Å². The zero-order valence-electron chi connectivity index (χ0n) is 23.7. The molecule has 0 saturated heterocycles. The van der Waals surface area contributed by atoms with E-state index >= 15 is 0 Å². The lowest BCUT2D eigenvalue weighted by Crippen LogP contribution is -2.56. The third-order valence-electron chi connectivity index (χ3n) is 7.36. The van der Waals surface area contributed by atoms with Crippen molar-refractivity contribution >= 4 is 40.8 Å². The Morgan fingerprint density at radius 3 is 2.40 bits per heavy atom. The molecule has 1 aliphatic heterocycles. The summed E-state index contributed by atoms with van der Waals surface area (Å²) in [6, 6.07) is 17.9. The lowest BCUT2D eigenvalue weighted by Gasteiger charge is -2.36. The topological polar surface area (TPSA) is 131 Å². The number of anilines is 1. The highest BCUT2D eigenvalue weighted by molar-refractivity contribution is 6.31. The maximum Gasteiger partial charge on any atom is 0.247 e. The van der Waals surface area contributed by atoms with E-state index in [2.05, 4.69) is 10.6 Å². The van der Waals surface area contributed by atoms with E-state index in [4.69, 9.17) is 22.1 Å². The predicted octanol–water partition coefficient (Wildman–Crippen LogP) is 4.05. The van der Waals surface area contributed by atoms with Gasteiger partial charge in [0.2, 0.25) is 17.7 Å². The number of nitrogens with one attached hydrogen (secondary N) is 2. The first-order valence-corrected chi connectivity index (χ1v) is 14.2. The number of amides is 3. The zero-order valence-corrected chi connectivity index (χ0v) is 24.4. The van der Waals surface area contributed by atoms with Crippen LogP contribution in [0.3, 0.4) is 0 Å². The highest BCUT2D eigenvalue weighted by Gasteiger charge is 2.36. The molecule has 3 aromatic carbocycles. The second-order valence-electron chi connectivity index (χ2n) is 10.2. The summed E-state index contributed by atoms with van der Waals surface area (Å²) in [5, 5.41) is 6.12. The molecule has 0 bridgehead atoms. The molecule has 0 saturated carbocycles. The van der Waals surface area contributed by atoms with Crippen LogP contribution in [0.4, 0.5) is 5.69 Å². The minimum atomic E-state index is -0.961. The van der Waals surface area contributed by atoms with Crippen LogP contribution >= 0.6 is 11.6 Å². The standard InChI is InChI=1S/C32H35ClN4O5/c1-20-16-26(29(42-2)18-24(20)33)36-31(40)25(14-15-34)35-32(41)27-17-22-10-6-7-11-23(22)19-37(27)30(39)13-12-28(38)21-8-4-3-5-9-21/h3-11,16,18,25,27H,12-15,17,19,34H2,1-2H3,(H,35,41)(H,36,40)/t25-,27-/m0/s1. The van der Waals surface area contributed by atoms with E-state index in [0.29, 0.717) is 22.0 Å². The van der Waals surface area contributed by atoms with E-state index in [1.807, 2.05) is 30.3 Å². The molecule has 2 atom stereocenters. The monoisotopic (exact) mass is 590 g/mol. The van der Waals surface area contributed by atoms with Crippen molar-refractivity contribution in [3.63, 3.8) is 0 Å². The fourth-order valence-corrected chi connectivity index (χ4v) is 5.16. The molecule has 0 aromatic heterocycles. The lowest BCUT2D eigenvalue weighted by molar-refractivity contribution is -0.142. The third kappa shape index (κ3) is 7.35. The summed E-state index contributed by atoms with van der Waals surface area (Å²) in [6.07, 6.45) is 0.439. The van der Waals surface area contributed by atoms with Crippen LogP contribution in [0.1, 0.15) is 46.3 Å². The molecule has 10 heteroatoms. The van der Waals surface area contributed by atoms with E-state index < -0.39 is 23.9 Å². The number of methoxy groups -OCH3 is 1. The van der Waals surface area contributed by atoms with E-state index in [0.717, 1.165) is 16.7 Å². The maximum atomic E-state index is 13.7.